The summed E-state index contributed by atoms with van der Waals surface area (Å²) < 4.78 is 62.6. The molecule has 0 unspecified atom stereocenters. The van der Waals surface area contributed by atoms with Gasteiger partial charge in [0.2, 0.25) is 0 Å². The Hall–Kier alpha value is -2.40. The number of benzene rings is 2. The van der Waals surface area contributed by atoms with Gasteiger partial charge in [-0.05, 0) is 63.2 Å². The summed E-state index contributed by atoms with van der Waals surface area (Å²) in [5.74, 6) is -0.801. The Kier molecular flexibility index (Phi) is 9.73. The Morgan fingerprint density at radius 3 is 2.23 bits per heavy atom. The molecule has 35 heavy (non-hydrogen) atoms. The van der Waals surface area contributed by atoms with Gasteiger partial charge >= 0.3 is 6.18 Å². The first kappa shape index (κ1) is 27.2. The maximum Gasteiger partial charge on any atom is 0.419 e. The number of likely N-dealkylation sites (tertiary alicyclic amines) is 1. The summed E-state index contributed by atoms with van der Waals surface area (Å²) >= 11 is 0. The van der Waals surface area contributed by atoms with Crippen LogP contribution in [0.3, 0.4) is 0 Å². The molecule has 1 aliphatic rings. The van der Waals surface area contributed by atoms with Crippen molar-refractivity contribution < 1.29 is 37.2 Å². The van der Waals surface area contributed by atoms with Crippen molar-refractivity contribution in [3.05, 3.63) is 59.4 Å². The van der Waals surface area contributed by atoms with Crippen LogP contribution < -0.4 is 14.8 Å². The lowest BCUT2D eigenvalue weighted by molar-refractivity contribution is -0.140. The fourth-order valence-corrected chi connectivity index (χ4v) is 3.86. The van der Waals surface area contributed by atoms with E-state index in [1.165, 1.54) is 0 Å². The Bertz CT molecular complexity index is 919. The quantitative estimate of drug-likeness (QED) is 0.411. The zero-order chi connectivity index (χ0) is 25.4. The van der Waals surface area contributed by atoms with Crippen molar-refractivity contribution in [3.63, 3.8) is 0 Å². The van der Waals surface area contributed by atoms with E-state index in [0.717, 1.165) is 37.6 Å². The lowest BCUT2D eigenvalue weighted by Gasteiger charge is -2.33. The van der Waals surface area contributed by atoms with Gasteiger partial charge in [-0.1, -0.05) is 17.7 Å². The molecule has 0 amide bonds. The van der Waals surface area contributed by atoms with E-state index in [2.05, 4.69) is 10.2 Å². The number of β-amino-alcohol motifs (C(OH)–C–C–N with tert-alkyl or cyclic N) is 1. The minimum absolute atomic E-state index is 0.148. The number of aryl methyl sites for hydroxylation is 1. The molecule has 1 saturated heterocycles. The summed E-state index contributed by atoms with van der Waals surface area (Å²) in [5, 5.41) is 23.7. The predicted molar refractivity (Wildman–Crippen MR) is 123 cm³/mol. The second-order valence-electron chi connectivity index (χ2n) is 8.87. The first-order valence-corrected chi connectivity index (χ1v) is 11.6. The Labute approximate surface area is 202 Å². The third kappa shape index (κ3) is 8.96. The van der Waals surface area contributed by atoms with E-state index in [9.17, 15) is 27.8 Å². The van der Waals surface area contributed by atoms with Gasteiger partial charge in [-0.3, -0.25) is 0 Å². The summed E-state index contributed by atoms with van der Waals surface area (Å²) in [6, 6.07) is 10.3. The van der Waals surface area contributed by atoms with Gasteiger partial charge in [-0.25, -0.2) is 4.39 Å². The zero-order valence-corrected chi connectivity index (χ0v) is 19.6. The Balaban J connectivity index is 1.31. The zero-order valence-electron chi connectivity index (χ0n) is 19.6. The number of aliphatic hydroxyl groups is 2. The van der Waals surface area contributed by atoms with Crippen molar-refractivity contribution in [3.8, 4) is 11.5 Å². The summed E-state index contributed by atoms with van der Waals surface area (Å²) in [6.45, 7) is 4.15. The molecule has 0 aliphatic carbocycles. The van der Waals surface area contributed by atoms with Crippen LogP contribution in [0.1, 0.15) is 24.0 Å². The molecule has 10 heteroatoms. The lowest BCUT2D eigenvalue weighted by Crippen LogP contribution is -2.47. The highest BCUT2D eigenvalue weighted by Crippen LogP contribution is 2.33. The molecule has 0 bridgehead atoms. The number of piperidine rings is 1. The number of rotatable bonds is 11. The van der Waals surface area contributed by atoms with Crippen molar-refractivity contribution in [2.24, 2.45) is 0 Å². The van der Waals surface area contributed by atoms with Gasteiger partial charge in [-0.15, -0.1) is 0 Å². The normalized spacial score (nSPS) is 17.2. The molecule has 2 aromatic rings. The highest BCUT2D eigenvalue weighted by atomic mass is 19.4. The standard InChI is InChI=1S/C25H32F4N2O4/c1-17-2-4-21(5-3-17)34-15-19(32)13-30-18-8-10-31(11-9-18)14-20(33)16-35-22-6-7-24(26)23(12-22)25(27,28)29/h2-7,12,18-20,30,32-33H,8-11,13-16H2,1H3/t19-,20+/m0/s1. The summed E-state index contributed by atoms with van der Waals surface area (Å²) in [5.41, 5.74) is -0.260. The second-order valence-corrected chi connectivity index (χ2v) is 8.87. The molecule has 194 valence electrons. The van der Waals surface area contributed by atoms with Crippen molar-refractivity contribution in [1.82, 2.24) is 10.2 Å². The van der Waals surface area contributed by atoms with Crippen molar-refractivity contribution in [1.29, 1.82) is 0 Å². The summed E-state index contributed by atoms with van der Waals surface area (Å²) in [6.07, 6.45) is -4.71. The Morgan fingerprint density at radius 2 is 1.57 bits per heavy atom. The monoisotopic (exact) mass is 500 g/mol. The molecule has 3 rings (SSSR count). The predicted octanol–water partition coefficient (Wildman–Crippen LogP) is 3.39. The molecule has 0 radical (unpaired) electrons. The van der Waals surface area contributed by atoms with E-state index >= 15 is 0 Å². The van der Waals surface area contributed by atoms with E-state index < -0.39 is 29.8 Å². The molecule has 2 atom stereocenters. The van der Waals surface area contributed by atoms with Gasteiger partial charge in [0.1, 0.15) is 42.7 Å². The van der Waals surface area contributed by atoms with Crippen LogP contribution in [0.4, 0.5) is 17.6 Å². The van der Waals surface area contributed by atoms with Crippen LogP contribution in [0.2, 0.25) is 0 Å². The topological polar surface area (TPSA) is 74.2 Å². The molecule has 0 spiro atoms. The average Bonchev–Trinajstić information content (AvgIpc) is 2.82. The number of hydrogen-bond acceptors (Lipinski definition) is 6. The largest absolute Gasteiger partial charge is 0.491 e. The molecule has 3 N–H and O–H groups in total. The van der Waals surface area contributed by atoms with Crippen molar-refractivity contribution >= 4 is 0 Å². The lowest BCUT2D eigenvalue weighted by atomic mass is 10.0. The maximum absolute atomic E-state index is 13.4. The third-order valence-electron chi connectivity index (χ3n) is 5.85. The van der Waals surface area contributed by atoms with Crippen LogP contribution in [0.5, 0.6) is 11.5 Å². The van der Waals surface area contributed by atoms with Gasteiger partial charge in [0.05, 0.1) is 5.56 Å². The summed E-state index contributed by atoms with van der Waals surface area (Å²) in [7, 11) is 0. The molecule has 2 aromatic carbocycles. The number of nitrogens with one attached hydrogen (secondary N) is 1. The minimum atomic E-state index is -4.81. The first-order valence-electron chi connectivity index (χ1n) is 11.6. The molecular weight excluding hydrogens is 468 g/mol. The van der Waals surface area contributed by atoms with Gasteiger partial charge in [0.25, 0.3) is 0 Å². The number of nitrogens with zero attached hydrogens (tertiary/aromatic N) is 1. The van der Waals surface area contributed by atoms with E-state index in [1.807, 2.05) is 31.2 Å². The van der Waals surface area contributed by atoms with Crippen molar-refractivity contribution in [2.45, 2.75) is 44.2 Å². The molecule has 1 heterocycles. The number of halogens is 4. The van der Waals surface area contributed by atoms with Gasteiger partial charge in [0.15, 0.2) is 0 Å². The van der Waals surface area contributed by atoms with Crippen LogP contribution in [-0.2, 0) is 6.18 Å². The molecule has 0 aromatic heterocycles. The molecule has 0 saturated carbocycles. The summed E-state index contributed by atoms with van der Waals surface area (Å²) in [4.78, 5) is 2.05. The second kappa shape index (κ2) is 12.5. The third-order valence-corrected chi connectivity index (χ3v) is 5.85. The number of hydrogen-bond donors (Lipinski definition) is 3. The van der Waals surface area contributed by atoms with E-state index in [0.29, 0.717) is 31.0 Å². The van der Waals surface area contributed by atoms with E-state index in [4.69, 9.17) is 9.47 Å². The highest BCUT2D eigenvalue weighted by Gasteiger charge is 2.34. The number of ether oxygens (including phenoxy) is 2. The van der Waals surface area contributed by atoms with Gasteiger partial charge < -0.3 is 29.9 Å². The van der Waals surface area contributed by atoms with Crippen LogP contribution in [0, 0.1) is 12.7 Å². The highest BCUT2D eigenvalue weighted by molar-refractivity contribution is 5.31. The van der Waals surface area contributed by atoms with Crippen LogP contribution in [-0.4, -0.2) is 72.8 Å². The Morgan fingerprint density at radius 1 is 0.971 bits per heavy atom. The first-order chi connectivity index (χ1) is 16.6. The number of alkyl halides is 3. The van der Waals surface area contributed by atoms with E-state index in [1.54, 1.807) is 0 Å². The molecule has 1 aliphatic heterocycles. The van der Waals surface area contributed by atoms with Crippen LogP contribution >= 0.6 is 0 Å². The van der Waals surface area contributed by atoms with Crippen LogP contribution in [0.15, 0.2) is 42.5 Å². The SMILES string of the molecule is Cc1ccc(OC[C@@H](O)CNC2CCN(C[C@@H](O)COc3ccc(F)c(C(F)(F)F)c3)CC2)cc1. The fourth-order valence-electron chi connectivity index (χ4n) is 3.86. The molecular formula is C25H32F4N2O4. The molecule has 1 fully saturated rings. The average molecular weight is 501 g/mol. The van der Waals surface area contributed by atoms with Crippen LogP contribution in [0.25, 0.3) is 0 Å². The molecule has 6 nitrogen and oxygen atoms in total. The maximum atomic E-state index is 13.4. The van der Waals surface area contributed by atoms with Crippen molar-refractivity contribution in [2.75, 3.05) is 39.4 Å². The smallest absolute Gasteiger partial charge is 0.419 e. The fraction of sp³-hybridized carbons (Fsp3) is 0.520. The number of aliphatic hydroxyl groups excluding tert-OH is 2. The van der Waals surface area contributed by atoms with Gasteiger partial charge in [0, 0.05) is 19.1 Å². The minimum Gasteiger partial charge on any atom is -0.491 e. The van der Waals surface area contributed by atoms with E-state index in [-0.39, 0.29) is 25.0 Å². The van der Waals surface area contributed by atoms with Gasteiger partial charge in [-0.2, -0.15) is 13.2 Å².